The van der Waals surface area contributed by atoms with Crippen molar-refractivity contribution in [3.63, 3.8) is 0 Å². The summed E-state index contributed by atoms with van der Waals surface area (Å²) in [6, 6.07) is 8.79. The van der Waals surface area contributed by atoms with E-state index in [1.165, 1.54) is 12.3 Å². The summed E-state index contributed by atoms with van der Waals surface area (Å²) >= 11 is 0. The van der Waals surface area contributed by atoms with Crippen molar-refractivity contribution in [3.05, 3.63) is 48.7 Å². The molecule has 0 N–H and O–H groups in total. The molecule has 1 aromatic carbocycles. The number of hydrogen-bond acceptors (Lipinski definition) is 3. The number of hydrogen-bond donors (Lipinski definition) is 0. The van der Waals surface area contributed by atoms with Crippen molar-refractivity contribution in [1.29, 1.82) is 0 Å². The van der Waals surface area contributed by atoms with E-state index in [4.69, 9.17) is 0 Å². The summed E-state index contributed by atoms with van der Waals surface area (Å²) in [6.07, 6.45) is 5.07. The smallest absolute Gasteiger partial charge is 0.242 e. The van der Waals surface area contributed by atoms with Crippen LogP contribution < -0.4 is 0 Å². The molecule has 0 bridgehead atoms. The molecule has 1 fully saturated rings. The first-order valence-corrected chi connectivity index (χ1v) is 8.05. The highest BCUT2D eigenvalue weighted by Crippen LogP contribution is 2.22. The summed E-state index contributed by atoms with van der Waals surface area (Å²) in [6.45, 7) is 2.02. The molecular weight excluding hydrogens is 307 g/mol. The van der Waals surface area contributed by atoms with Gasteiger partial charge in [0.1, 0.15) is 12.4 Å². The van der Waals surface area contributed by atoms with Crippen molar-refractivity contribution < 1.29 is 9.18 Å². The molecular formula is C18H17FN4O. The number of likely N-dealkylation sites (tertiary alicyclic amines) is 1. The van der Waals surface area contributed by atoms with Crippen LogP contribution in [-0.2, 0) is 11.3 Å². The Labute approximate surface area is 138 Å². The van der Waals surface area contributed by atoms with E-state index >= 15 is 0 Å². The van der Waals surface area contributed by atoms with E-state index in [-0.39, 0.29) is 11.7 Å². The number of imidazole rings is 1. The van der Waals surface area contributed by atoms with Gasteiger partial charge in [-0.15, -0.1) is 0 Å². The van der Waals surface area contributed by atoms with Gasteiger partial charge in [0.05, 0.1) is 29.3 Å². The highest BCUT2D eigenvalue weighted by atomic mass is 19.1. The van der Waals surface area contributed by atoms with E-state index in [2.05, 4.69) is 9.97 Å². The maximum absolute atomic E-state index is 13.0. The minimum Gasteiger partial charge on any atom is -0.341 e. The summed E-state index contributed by atoms with van der Waals surface area (Å²) in [5.74, 6) is -0.222. The number of pyridine rings is 1. The van der Waals surface area contributed by atoms with Crippen LogP contribution >= 0.6 is 0 Å². The third-order valence-electron chi connectivity index (χ3n) is 4.41. The van der Waals surface area contributed by atoms with Crippen molar-refractivity contribution >= 4 is 16.9 Å². The zero-order valence-electron chi connectivity index (χ0n) is 13.2. The van der Waals surface area contributed by atoms with Crippen LogP contribution in [0.5, 0.6) is 0 Å². The lowest BCUT2D eigenvalue weighted by atomic mass is 10.1. The van der Waals surface area contributed by atoms with E-state index in [0.29, 0.717) is 12.2 Å². The molecule has 1 aliphatic heterocycles. The molecule has 6 heteroatoms. The minimum absolute atomic E-state index is 0.135. The van der Waals surface area contributed by atoms with Gasteiger partial charge in [-0.05, 0) is 37.1 Å². The van der Waals surface area contributed by atoms with E-state index in [1.54, 1.807) is 12.4 Å². The molecule has 4 rings (SSSR count). The average Bonchev–Trinajstić information content (AvgIpc) is 3.25. The Morgan fingerprint density at radius 2 is 1.96 bits per heavy atom. The molecule has 0 unspecified atom stereocenters. The fourth-order valence-electron chi connectivity index (χ4n) is 3.11. The van der Waals surface area contributed by atoms with Gasteiger partial charge in [0, 0.05) is 18.7 Å². The van der Waals surface area contributed by atoms with Crippen LogP contribution in [0.25, 0.3) is 22.3 Å². The Balaban J connectivity index is 1.60. The first kappa shape index (κ1) is 14.8. The predicted molar refractivity (Wildman–Crippen MR) is 88.7 cm³/mol. The number of aromatic nitrogens is 3. The van der Waals surface area contributed by atoms with Crippen LogP contribution in [0.4, 0.5) is 4.39 Å². The summed E-state index contributed by atoms with van der Waals surface area (Å²) in [5, 5.41) is 0. The van der Waals surface area contributed by atoms with Gasteiger partial charge in [-0.25, -0.2) is 9.37 Å². The van der Waals surface area contributed by atoms with E-state index in [0.717, 1.165) is 42.5 Å². The van der Waals surface area contributed by atoms with Crippen molar-refractivity contribution in [2.24, 2.45) is 0 Å². The maximum Gasteiger partial charge on any atom is 0.242 e. The second-order valence-corrected chi connectivity index (χ2v) is 6.03. The highest BCUT2D eigenvalue weighted by molar-refractivity contribution is 5.83. The molecule has 1 amide bonds. The van der Waals surface area contributed by atoms with Gasteiger partial charge in [0.15, 0.2) is 0 Å². The number of carbonyl (C=O) groups is 1. The lowest BCUT2D eigenvalue weighted by molar-refractivity contribution is -0.130. The molecule has 0 spiro atoms. The largest absolute Gasteiger partial charge is 0.341 e. The molecule has 0 aliphatic carbocycles. The number of carbonyl (C=O) groups excluding carboxylic acids is 1. The fraction of sp³-hybridized carbons (Fsp3) is 0.278. The van der Waals surface area contributed by atoms with E-state index in [9.17, 15) is 9.18 Å². The summed E-state index contributed by atoms with van der Waals surface area (Å²) in [7, 11) is 0. The van der Waals surface area contributed by atoms with Gasteiger partial charge in [-0.3, -0.25) is 9.78 Å². The van der Waals surface area contributed by atoms with Gasteiger partial charge in [0.2, 0.25) is 5.91 Å². The molecule has 1 aliphatic rings. The molecule has 1 saturated heterocycles. The van der Waals surface area contributed by atoms with Crippen molar-refractivity contribution in [2.75, 3.05) is 13.1 Å². The Kier molecular flexibility index (Phi) is 3.72. The van der Waals surface area contributed by atoms with Crippen LogP contribution in [0.2, 0.25) is 0 Å². The number of halogens is 1. The SMILES string of the molecule is O=C(Cn1cnc2cc(-c3ccc(F)cn3)ccc21)N1CCCC1. The number of amides is 1. The zero-order chi connectivity index (χ0) is 16.5. The van der Waals surface area contributed by atoms with Crippen LogP contribution in [0, 0.1) is 5.82 Å². The molecule has 0 atom stereocenters. The summed E-state index contributed by atoms with van der Waals surface area (Å²) in [4.78, 5) is 22.7. The highest BCUT2D eigenvalue weighted by Gasteiger charge is 2.18. The number of fused-ring (bicyclic) bond motifs is 1. The first-order chi connectivity index (χ1) is 11.7. The number of benzene rings is 1. The number of nitrogens with zero attached hydrogens (tertiary/aromatic N) is 4. The fourth-order valence-corrected chi connectivity index (χ4v) is 3.11. The third-order valence-corrected chi connectivity index (χ3v) is 4.41. The molecule has 3 aromatic rings. The molecule has 2 aromatic heterocycles. The Bertz CT molecular complexity index is 882. The minimum atomic E-state index is -0.357. The van der Waals surface area contributed by atoms with Crippen LogP contribution in [-0.4, -0.2) is 38.4 Å². The second kappa shape index (κ2) is 6.03. The molecule has 5 nitrogen and oxygen atoms in total. The summed E-state index contributed by atoms with van der Waals surface area (Å²) in [5.41, 5.74) is 3.28. The lowest BCUT2D eigenvalue weighted by Gasteiger charge is -2.15. The molecule has 3 heterocycles. The van der Waals surface area contributed by atoms with Gasteiger partial charge in [0.25, 0.3) is 0 Å². The normalized spacial score (nSPS) is 14.5. The quantitative estimate of drug-likeness (QED) is 0.744. The molecule has 122 valence electrons. The topological polar surface area (TPSA) is 51.0 Å². The first-order valence-electron chi connectivity index (χ1n) is 8.05. The third kappa shape index (κ3) is 2.75. The van der Waals surface area contributed by atoms with Crippen LogP contribution in [0.15, 0.2) is 42.9 Å². The molecule has 0 radical (unpaired) electrons. The maximum atomic E-state index is 13.0. The predicted octanol–water partition coefficient (Wildman–Crippen LogP) is 2.86. The summed E-state index contributed by atoms with van der Waals surface area (Å²) < 4.78 is 14.9. The Morgan fingerprint density at radius 1 is 1.12 bits per heavy atom. The second-order valence-electron chi connectivity index (χ2n) is 6.03. The lowest BCUT2D eigenvalue weighted by Crippen LogP contribution is -2.30. The zero-order valence-corrected chi connectivity index (χ0v) is 13.2. The van der Waals surface area contributed by atoms with Crippen molar-refractivity contribution in [3.8, 4) is 11.3 Å². The van der Waals surface area contributed by atoms with Gasteiger partial charge >= 0.3 is 0 Å². The molecule has 24 heavy (non-hydrogen) atoms. The van der Waals surface area contributed by atoms with E-state index in [1.807, 2.05) is 27.7 Å². The van der Waals surface area contributed by atoms with Crippen LogP contribution in [0.3, 0.4) is 0 Å². The van der Waals surface area contributed by atoms with Gasteiger partial charge in [-0.1, -0.05) is 6.07 Å². The van der Waals surface area contributed by atoms with Crippen molar-refractivity contribution in [2.45, 2.75) is 19.4 Å². The number of rotatable bonds is 3. The Morgan fingerprint density at radius 3 is 2.71 bits per heavy atom. The Hall–Kier alpha value is -2.76. The van der Waals surface area contributed by atoms with Gasteiger partial charge in [-0.2, -0.15) is 0 Å². The molecule has 0 saturated carbocycles. The monoisotopic (exact) mass is 324 g/mol. The average molecular weight is 324 g/mol. The van der Waals surface area contributed by atoms with Gasteiger partial charge < -0.3 is 9.47 Å². The van der Waals surface area contributed by atoms with E-state index < -0.39 is 0 Å². The standard InChI is InChI=1S/C18H17FN4O/c19-14-4-5-15(20-10-14)13-3-6-17-16(9-13)21-12-23(17)11-18(24)22-7-1-2-8-22/h3-6,9-10,12H,1-2,7-8,11H2. The van der Waals surface area contributed by atoms with Crippen LogP contribution in [0.1, 0.15) is 12.8 Å². The van der Waals surface area contributed by atoms with Crippen molar-refractivity contribution in [1.82, 2.24) is 19.4 Å².